The fourth-order valence-electron chi connectivity index (χ4n) is 3.28. The first kappa shape index (κ1) is 16.4. The topological polar surface area (TPSA) is 86.7 Å². The van der Waals surface area contributed by atoms with E-state index in [2.05, 4.69) is 5.32 Å². The van der Waals surface area contributed by atoms with Gasteiger partial charge in [0.1, 0.15) is 0 Å². The number of benzene rings is 2. The van der Waals surface area contributed by atoms with E-state index in [1.165, 1.54) is 16.4 Å². The Balaban J connectivity index is 1.79. The lowest BCUT2D eigenvalue weighted by atomic mass is 10.0. The van der Waals surface area contributed by atoms with Gasteiger partial charge >= 0.3 is 0 Å². The van der Waals surface area contributed by atoms with Crippen molar-refractivity contribution in [3.05, 3.63) is 52.5 Å². The molecule has 2 aliphatic heterocycles. The summed E-state index contributed by atoms with van der Waals surface area (Å²) >= 11 is 5.98. The normalized spacial score (nSPS) is 19.4. The van der Waals surface area contributed by atoms with Crippen LogP contribution in [-0.2, 0) is 21.2 Å². The van der Waals surface area contributed by atoms with E-state index in [0.29, 0.717) is 27.5 Å². The largest absolute Gasteiger partial charge is 0.388 e. The number of aliphatic hydroxyl groups excluding tert-OH is 1. The number of anilines is 2. The zero-order chi connectivity index (χ0) is 17.8. The van der Waals surface area contributed by atoms with E-state index in [9.17, 15) is 18.3 Å². The number of nitrogens with zero attached hydrogens (tertiary/aromatic N) is 1. The zero-order valence-electron chi connectivity index (χ0n) is 13.1. The minimum absolute atomic E-state index is 0.125. The van der Waals surface area contributed by atoms with Gasteiger partial charge in [0.25, 0.3) is 10.0 Å². The maximum absolute atomic E-state index is 13.1. The van der Waals surface area contributed by atoms with Gasteiger partial charge in [0, 0.05) is 22.8 Å². The molecule has 0 radical (unpaired) electrons. The summed E-state index contributed by atoms with van der Waals surface area (Å²) in [6.07, 6.45) is -0.289. The number of halogens is 1. The van der Waals surface area contributed by atoms with Crippen molar-refractivity contribution in [1.82, 2.24) is 0 Å². The second-order valence-electron chi connectivity index (χ2n) is 6.13. The average molecular weight is 379 g/mol. The van der Waals surface area contributed by atoms with Gasteiger partial charge in [-0.1, -0.05) is 11.6 Å². The Labute approximate surface area is 150 Å². The summed E-state index contributed by atoms with van der Waals surface area (Å²) < 4.78 is 27.5. The van der Waals surface area contributed by atoms with Crippen LogP contribution in [-0.4, -0.2) is 26.0 Å². The Hall–Kier alpha value is -2.09. The van der Waals surface area contributed by atoms with Crippen LogP contribution >= 0.6 is 11.6 Å². The summed E-state index contributed by atoms with van der Waals surface area (Å²) in [5.74, 6) is -0.148. The fraction of sp³-hybridized carbons (Fsp3) is 0.235. The minimum atomic E-state index is -3.81. The Morgan fingerprint density at radius 3 is 2.80 bits per heavy atom. The SMILES string of the molecule is O=C1Cc2cc(S(=O)(=O)N3CCC(O)c4cc(Cl)ccc43)ccc2N1. The summed E-state index contributed by atoms with van der Waals surface area (Å²) in [4.78, 5) is 11.6. The van der Waals surface area contributed by atoms with Crippen LogP contribution in [0.25, 0.3) is 0 Å². The summed E-state index contributed by atoms with van der Waals surface area (Å²) in [7, 11) is -3.81. The van der Waals surface area contributed by atoms with Gasteiger partial charge < -0.3 is 10.4 Å². The second kappa shape index (κ2) is 5.72. The number of carbonyl (C=O) groups is 1. The smallest absolute Gasteiger partial charge is 0.264 e. The first-order chi connectivity index (χ1) is 11.9. The molecular formula is C17H15ClN2O4S. The fourth-order valence-corrected chi connectivity index (χ4v) is 5.02. The predicted octanol–water partition coefficient (Wildman–Crippen LogP) is 2.47. The van der Waals surface area contributed by atoms with Crippen molar-refractivity contribution in [2.45, 2.75) is 23.8 Å². The van der Waals surface area contributed by atoms with Crippen molar-refractivity contribution in [3.8, 4) is 0 Å². The predicted molar refractivity (Wildman–Crippen MR) is 94.3 cm³/mol. The van der Waals surface area contributed by atoms with Crippen LogP contribution in [0.5, 0.6) is 0 Å². The van der Waals surface area contributed by atoms with E-state index in [1.54, 1.807) is 24.3 Å². The monoisotopic (exact) mass is 378 g/mol. The highest BCUT2D eigenvalue weighted by atomic mass is 35.5. The molecule has 0 bridgehead atoms. The van der Waals surface area contributed by atoms with Crippen molar-refractivity contribution in [1.29, 1.82) is 0 Å². The molecule has 2 heterocycles. The van der Waals surface area contributed by atoms with Gasteiger partial charge in [-0.25, -0.2) is 8.42 Å². The molecule has 0 saturated carbocycles. The van der Waals surface area contributed by atoms with E-state index < -0.39 is 16.1 Å². The van der Waals surface area contributed by atoms with Gasteiger partial charge in [-0.2, -0.15) is 0 Å². The highest BCUT2D eigenvalue weighted by molar-refractivity contribution is 7.92. The van der Waals surface area contributed by atoms with Crippen molar-refractivity contribution >= 4 is 38.9 Å². The van der Waals surface area contributed by atoms with Crippen LogP contribution in [0.4, 0.5) is 11.4 Å². The van der Waals surface area contributed by atoms with Crippen molar-refractivity contribution in [2.24, 2.45) is 0 Å². The minimum Gasteiger partial charge on any atom is -0.388 e. The Morgan fingerprint density at radius 2 is 2.00 bits per heavy atom. The van der Waals surface area contributed by atoms with Crippen molar-refractivity contribution in [3.63, 3.8) is 0 Å². The lowest BCUT2D eigenvalue weighted by Crippen LogP contribution is -2.36. The first-order valence-electron chi connectivity index (χ1n) is 7.79. The number of sulfonamides is 1. The van der Waals surface area contributed by atoms with Gasteiger partial charge in [0.05, 0.1) is 23.1 Å². The first-order valence-corrected chi connectivity index (χ1v) is 9.61. The number of aliphatic hydroxyl groups is 1. The molecule has 0 spiro atoms. The van der Waals surface area contributed by atoms with Crippen LogP contribution < -0.4 is 9.62 Å². The zero-order valence-corrected chi connectivity index (χ0v) is 14.6. The third kappa shape index (κ3) is 2.68. The lowest BCUT2D eigenvalue weighted by Gasteiger charge is -2.33. The molecule has 2 aromatic rings. The lowest BCUT2D eigenvalue weighted by molar-refractivity contribution is -0.115. The standard InChI is InChI=1S/C17H15ClN2O4S/c18-11-1-4-15-13(9-11)16(21)5-6-20(15)25(23,24)12-2-3-14-10(7-12)8-17(22)19-14/h1-4,7,9,16,21H,5-6,8H2,(H,19,22). The quantitative estimate of drug-likeness (QED) is 0.840. The summed E-state index contributed by atoms with van der Waals surface area (Å²) in [6, 6.07) is 9.43. The maximum Gasteiger partial charge on any atom is 0.264 e. The van der Waals surface area contributed by atoms with Gasteiger partial charge in [0.15, 0.2) is 0 Å². The van der Waals surface area contributed by atoms with Crippen LogP contribution in [0.1, 0.15) is 23.7 Å². The number of fused-ring (bicyclic) bond motifs is 2. The Bertz CT molecular complexity index is 990. The summed E-state index contributed by atoms with van der Waals surface area (Å²) in [6.45, 7) is 0.173. The van der Waals surface area contributed by atoms with E-state index >= 15 is 0 Å². The molecule has 2 aliphatic rings. The molecule has 6 nitrogen and oxygen atoms in total. The number of carbonyl (C=O) groups excluding carboxylic acids is 1. The molecule has 8 heteroatoms. The van der Waals surface area contributed by atoms with Gasteiger partial charge in [-0.05, 0) is 48.4 Å². The third-order valence-corrected chi connectivity index (χ3v) is 6.56. The summed E-state index contributed by atoms with van der Waals surface area (Å²) in [5, 5.41) is 13.3. The highest BCUT2D eigenvalue weighted by Gasteiger charge is 2.33. The van der Waals surface area contributed by atoms with Crippen molar-refractivity contribution in [2.75, 3.05) is 16.2 Å². The van der Waals surface area contributed by atoms with E-state index in [1.807, 2.05) is 0 Å². The van der Waals surface area contributed by atoms with Crippen LogP contribution in [0, 0.1) is 0 Å². The molecule has 0 saturated heterocycles. The molecule has 0 aromatic heterocycles. The molecule has 25 heavy (non-hydrogen) atoms. The van der Waals surface area contributed by atoms with Crippen LogP contribution in [0.15, 0.2) is 41.3 Å². The molecular weight excluding hydrogens is 364 g/mol. The number of nitrogens with one attached hydrogen (secondary N) is 1. The highest BCUT2D eigenvalue weighted by Crippen LogP contribution is 2.39. The van der Waals surface area contributed by atoms with Crippen LogP contribution in [0.3, 0.4) is 0 Å². The molecule has 0 fully saturated rings. The molecule has 2 aromatic carbocycles. The van der Waals surface area contributed by atoms with Gasteiger partial charge in [0.2, 0.25) is 5.91 Å². The summed E-state index contributed by atoms with van der Waals surface area (Å²) in [5.41, 5.74) is 2.24. The number of rotatable bonds is 2. The maximum atomic E-state index is 13.1. The Kier molecular flexibility index (Phi) is 3.75. The van der Waals surface area contributed by atoms with E-state index in [-0.39, 0.29) is 30.2 Å². The molecule has 4 rings (SSSR count). The Morgan fingerprint density at radius 1 is 1.20 bits per heavy atom. The molecule has 1 atom stereocenters. The van der Waals surface area contributed by atoms with Gasteiger partial charge in [-0.15, -0.1) is 0 Å². The molecule has 2 N–H and O–H groups in total. The van der Waals surface area contributed by atoms with Crippen LogP contribution in [0.2, 0.25) is 5.02 Å². The second-order valence-corrected chi connectivity index (χ2v) is 8.43. The molecule has 130 valence electrons. The molecule has 1 unspecified atom stereocenters. The van der Waals surface area contributed by atoms with Gasteiger partial charge in [-0.3, -0.25) is 9.10 Å². The van der Waals surface area contributed by atoms with Crippen molar-refractivity contribution < 1.29 is 18.3 Å². The number of hydrogen-bond acceptors (Lipinski definition) is 4. The average Bonchev–Trinajstić information content (AvgIpc) is 2.94. The van der Waals surface area contributed by atoms with E-state index in [0.717, 1.165) is 0 Å². The molecule has 0 aliphatic carbocycles. The number of amides is 1. The molecule has 1 amide bonds. The van der Waals surface area contributed by atoms with E-state index in [4.69, 9.17) is 11.6 Å². The third-order valence-electron chi connectivity index (χ3n) is 4.51. The number of hydrogen-bond donors (Lipinski definition) is 2.